The summed E-state index contributed by atoms with van der Waals surface area (Å²) in [6.45, 7) is 9.13. The molecule has 0 saturated heterocycles. The Balaban J connectivity index is 3.41. The number of unbranched alkanes of at least 4 members (excludes halogenated alkanes) is 26. The van der Waals surface area contributed by atoms with Crippen LogP contribution in [0.15, 0.2) is 0 Å². The molecule has 0 amide bonds. The Morgan fingerprint density at radius 1 is 0.462 bits per heavy atom. The maximum atomic E-state index is 12.4. The number of rotatable bonds is 33. The lowest BCUT2D eigenvalue weighted by molar-refractivity contribution is 0.0939. The Hall–Kier alpha value is -0.0900. The van der Waals surface area contributed by atoms with Crippen molar-refractivity contribution in [3.8, 4) is 0 Å². The summed E-state index contributed by atoms with van der Waals surface area (Å²) in [6, 6.07) is 0. The molecular formula is C35H71O3S. The van der Waals surface area contributed by atoms with Gasteiger partial charge in [-0.3, -0.25) is 0 Å². The number of ether oxygens (including phenoxy) is 1. The zero-order valence-electron chi connectivity index (χ0n) is 26.8. The molecule has 0 fully saturated rings. The fraction of sp³-hybridized carbons (Fsp3) is 0.971. The maximum absolute atomic E-state index is 12.4. The average molecular weight is 572 g/mol. The summed E-state index contributed by atoms with van der Waals surface area (Å²) in [4.78, 5) is 0. The Kier molecular flexibility index (Phi) is 30.8. The highest BCUT2D eigenvalue weighted by molar-refractivity contribution is 7.91. The molecule has 0 bridgehead atoms. The molecule has 0 spiro atoms. The molecule has 0 aliphatic rings. The zero-order valence-corrected chi connectivity index (χ0v) is 27.7. The van der Waals surface area contributed by atoms with Crippen LogP contribution in [0.3, 0.4) is 0 Å². The van der Waals surface area contributed by atoms with Crippen molar-refractivity contribution in [3.63, 3.8) is 0 Å². The highest BCUT2D eigenvalue weighted by Gasteiger charge is 2.16. The molecule has 235 valence electrons. The van der Waals surface area contributed by atoms with E-state index in [2.05, 4.69) is 20.8 Å². The molecule has 0 aromatic rings. The monoisotopic (exact) mass is 572 g/mol. The Morgan fingerprint density at radius 3 is 1.08 bits per heavy atom. The van der Waals surface area contributed by atoms with E-state index in [1.165, 1.54) is 154 Å². The van der Waals surface area contributed by atoms with Crippen molar-refractivity contribution in [2.24, 2.45) is 0 Å². The van der Waals surface area contributed by atoms with Gasteiger partial charge < -0.3 is 4.74 Å². The normalized spacial score (nSPS) is 12.8. The molecule has 1 unspecified atom stereocenters. The highest BCUT2D eigenvalue weighted by Crippen LogP contribution is 2.15. The van der Waals surface area contributed by atoms with Gasteiger partial charge in [-0.25, -0.2) is 8.42 Å². The summed E-state index contributed by atoms with van der Waals surface area (Å²) in [6.07, 6.45) is 36.3. The van der Waals surface area contributed by atoms with E-state index in [0.29, 0.717) is 12.4 Å². The first kappa shape index (κ1) is 38.9. The van der Waals surface area contributed by atoms with Crippen molar-refractivity contribution in [2.75, 3.05) is 18.1 Å². The zero-order chi connectivity index (χ0) is 28.7. The summed E-state index contributed by atoms with van der Waals surface area (Å²) >= 11 is 0. The smallest absolute Gasteiger partial charge is 0.152 e. The third-order valence-electron chi connectivity index (χ3n) is 8.10. The molecule has 0 aromatic heterocycles. The average Bonchev–Trinajstić information content (AvgIpc) is 2.90. The van der Waals surface area contributed by atoms with Gasteiger partial charge in [-0.05, 0) is 19.8 Å². The van der Waals surface area contributed by atoms with Gasteiger partial charge in [0.05, 0.1) is 17.6 Å². The predicted octanol–water partition coefficient (Wildman–Crippen LogP) is 11.6. The Labute approximate surface area is 247 Å². The van der Waals surface area contributed by atoms with Crippen molar-refractivity contribution in [1.29, 1.82) is 0 Å². The summed E-state index contributed by atoms with van der Waals surface area (Å²) in [5, 5.41) is 0. The van der Waals surface area contributed by atoms with Gasteiger partial charge in [0.15, 0.2) is 9.84 Å². The van der Waals surface area contributed by atoms with Gasteiger partial charge in [-0.15, -0.1) is 0 Å². The summed E-state index contributed by atoms with van der Waals surface area (Å²) < 4.78 is 30.5. The quantitative estimate of drug-likeness (QED) is 0.0736. The van der Waals surface area contributed by atoms with Crippen LogP contribution >= 0.6 is 0 Å². The third-order valence-corrected chi connectivity index (χ3v) is 9.89. The molecule has 0 aromatic carbocycles. The van der Waals surface area contributed by atoms with Gasteiger partial charge >= 0.3 is 0 Å². The molecule has 4 heteroatoms. The molecule has 0 aliphatic heterocycles. The van der Waals surface area contributed by atoms with E-state index >= 15 is 0 Å². The molecule has 0 saturated carbocycles. The minimum Gasteiger partial charge on any atom is -0.377 e. The topological polar surface area (TPSA) is 43.4 Å². The van der Waals surface area contributed by atoms with Crippen molar-refractivity contribution in [3.05, 3.63) is 6.92 Å². The Bertz CT molecular complexity index is 560. The van der Waals surface area contributed by atoms with Gasteiger partial charge in [0.1, 0.15) is 0 Å². The summed E-state index contributed by atoms with van der Waals surface area (Å²) in [7, 11) is -3.06. The first-order chi connectivity index (χ1) is 19.0. The van der Waals surface area contributed by atoms with Gasteiger partial charge in [0.2, 0.25) is 0 Å². The summed E-state index contributed by atoms with van der Waals surface area (Å²) in [5.74, 6) is 0.364. The maximum Gasteiger partial charge on any atom is 0.152 e. The van der Waals surface area contributed by atoms with Crippen LogP contribution in [0.2, 0.25) is 0 Å². The second kappa shape index (κ2) is 30.9. The van der Waals surface area contributed by atoms with Crippen LogP contribution in [-0.2, 0) is 14.6 Å². The molecule has 0 heterocycles. The van der Waals surface area contributed by atoms with Crippen LogP contribution in [0.4, 0.5) is 0 Å². The summed E-state index contributed by atoms with van der Waals surface area (Å²) in [5.41, 5.74) is 0. The van der Waals surface area contributed by atoms with Gasteiger partial charge in [-0.1, -0.05) is 181 Å². The lowest BCUT2D eigenvalue weighted by Crippen LogP contribution is -2.24. The lowest BCUT2D eigenvalue weighted by Gasteiger charge is -2.13. The van der Waals surface area contributed by atoms with Crippen LogP contribution in [0.1, 0.15) is 194 Å². The van der Waals surface area contributed by atoms with E-state index in [1.54, 1.807) is 0 Å². The first-order valence-corrected chi connectivity index (χ1v) is 19.5. The highest BCUT2D eigenvalue weighted by atomic mass is 32.2. The molecule has 0 aliphatic carbocycles. The van der Waals surface area contributed by atoms with E-state index in [9.17, 15) is 8.42 Å². The molecule has 0 rings (SSSR count). The Morgan fingerprint density at radius 2 is 0.744 bits per heavy atom. The van der Waals surface area contributed by atoms with Crippen LogP contribution < -0.4 is 0 Å². The minimum absolute atomic E-state index is 0.0735. The fourth-order valence-electron chi connectivity index (χ4n) is 5.48. The second-order valence-electron chi connectivity index (χ2n) is 12.3. The second-order valence-corrected chi connectivity index (χ2v) is 14.5. The van der Waals surface area contributed by atoms with Crippen molar-refractivity contribution >= 4 is 9.84 Å². The number of hydrogen-bond donors (Lipinski definition) is 0. The standard InChI is InChI=1S/C35H71O3S/c1-4-6-8-10-12-14-16-18-20-22-24-26-28-30-32-38-35(3)34-39(36,37)33-31-29-27-25-23-21-19-17-15-13-11-9-7-5-2/h35H,3-34H2,1-2H3. The van der Waals surface area contributed by atoms with Crippen molar-refractivity contribution in [2.45, 2.75) is 200 Å². The first-order valence-electron chi connectivity index (χ1n) is 17.7. The minimum atomic E-state index is -3.06. The van der Waals surface area contributed by atoms with Crippen LogP contribution in [0.25, 0.3) is 0 Å². The van der Waals surface area contributed by atoms with Crippen molar-refractivity contribution < 1.29 is 13.2 Å². The van der Waals surface area contributed by atoms with E-state index in [-0.39, 0.29) is 5.75 Å². The fourth-order valence-corrected chi connectivity index (χ4v) is 6.95. The molecular weight excluding hydrogens is 500 g/mol. The third kappa shape index (κ3) is 32.3. The van der Waals surface area contributed by atoms with Crippen LogP contribution in [0, 0.1) is 6.92 Å². The van der Waals surface area contributed by atoms with E-state index in [4.69, 9.17) is 4.74 Å². The van der Waals surface area contributed by atoms with Gasteiger partial charge in [-0.2, -0.15) is 0 Å². The predicted molar refractivity (Wildman–Crippen MR) is 174 cm³/mol. The molecule has 3 nitrogen and oxygen atoms in total. The molecule has 1 atom stereocenters. The SMILES string of the molecule is [CH2]C(CS(=O)(=O)CCCCCCCCCCCCCCCC)OCCCCCCCCCCCCCCCC. The van der Waals surface area contributed by atoms with Crippen LogP contribution in [0.5, 0.6) is 0 Å². The van der Waals surface area contributed by atoms with E-state index in [1.807, 2.05) is 0 Å². The molecule has 0 N–H and O–H groups in total. The van der Waals surface area contributed by atoms with Gasteiger partial charge in [0.25, 0.3) is 0 Å². The largest absolute Gasteiger partial charge is 0.377 e. The van der Waals surface area contributed by atoms with Crippen LogP contribution in [-0.4, -0.2) is 32.6 Å². The molecule has 1 radical (unpaired) electrons. The number of hydrogen-bond acceptors (Lipinski definition) is 3. The van der Waals surface area contributed by atoms with E-state index < -0.39 is 15.9 Å². The molecule has 39 heavy (non-hydrogen) atoms. The lowest BCUT2D eigenvalue weighted by atomic mass is 10.0. The van der Waals surface area contributed by atoms with Crippen molar-refractivity contribution in [1.82, 2.24) is 0 Å². The van der Waals surface area contributed by atoms with Gasteiger partial charge in [0, 0.05) is 6.61 Å². The number of sulfone groups is 1. The van der Waals surface area contributed by atoms with E-state index in [0.717, 1.165) is 25.7 Å².